The van der Waals surface area contributed by atoms with E-state index < -0.39 is 0 Å². The number of hydrogen-bond donors (Lipinski definition) is 0. The number of benzene rings is 1. The van der Waals surface area contributed by atoms with Crippen molar-refractivity contribution in [3.05, 3.63) is 58.9 Å². The van der Waals surface area contributed by atoms with Gasteiger partial charge in [0.1, 0.15) is 0 Å². The molecule has 0 N–H and O–H groups in total. The molecule has 5 nitrogen and oxygen atoms in total. The number of nitrogens with zero attached hydrogens (tertiary/aromatic N) is 3. The number of rotatable bonds is 10. The molecule has 4 rings (SSSR count). The molecule has 34 heavy (non-hydrogen) atoms. The van der Waals surface area contributed by atoms with Gasteiger partial charge in [-0.25, -0.2) is 0 Å². The molecule has 184 valence electrons. The van der Waals surface area contributed by atoms with Crippen molar-refractivity contribution in [2.45, 2.75) is 77.9 Å². The molecule has 2 aromatic rings. The predicted octanol–water partition coefficient (Wildman–Crippen LogP) is 5.75. The molecule has 0 spiro atoms. The molecule has 0 bridgehead atoms. The van der Waals surface area contributed by atoms with Crippen LogP contribution in [0.4, 0.5) is 0 Å². The number of carbonyl (C=O) groups excluding carboxylic acids is 2. The van der Waals surface area contributed by atoms with E-state index in [1.165, 1.54) is 6.42 Å². The highest BCUT2D eigenvalue weighted by Gasteiger charge is 2.36. The van der Waals surface area contributed by atoms with E-state index in [4.69, 9.17) is 11.6 Å². The molecule has 0 unspecified atom stereocenters. The molecule has 0 atom stereocenters. The van der Waals surface area contributed by atoms with Gasteiger partial charge in [-0.05, 0) is 55.4 Å². The van der Waals surface area contributed by atoms with Crippen molar-refractivity contribution in [2.24, 2.45) is 11.8 Å². The molecule has 0 aliphatic heterocycles. The fourth-order valence-electron chi connectivity index (χ4n) is 5.06. The van der Waals surface area contributed by atoms with Crippen LogP contribution in [-0.2, 0) is 22.7 Å². The smallest absolute Gasteiger partial charge is 0.242 e. The first kappa shape index (κ1) is 24.8. The molecule has 2 aliphatic rings. The summed E-state index contributed by atoms with van der Waals surface area (Å²) < 4.78 is 2.19. The van der Waals surface area contributed by atoms with Gasteiger partial charge in [0.2, 0.25) is 11.8 Å². The average Bonchev–Trinajstić information content (AvgIpc) is 3.58. The lowest BCUT2D eigenvalue weighted by molar-refractivity contribution is -0.143. The SMILES string of the molecule is CC(C)CN(CC(=O)N(Cc1cccn1Cc1ccccc1Cl)C1CCCCC1)C(=O)C1CC1. The van der Waals surface area contributed by atoms with E-state index in [0.29, 0.717) is 25.6 Å². The number of carbonyl (C=O) groups is 2. The van der Waals surface area contributed by atoms with Gasteiger partial charge < -0.3 is 14.4 Å². The Bertz CT molecular complexity index is 976. The van der Waals surface area contributed by atoms with E-state index in [2.05, 4.69) is 35.6 Å². The third-order valence-electron chi connectivity index (χ3n) is 7.04. The van der Waals surface area contributed by atoms with E-state index in [9.17, 15) is 9.59 Å². The Kier molecular flexibility index (Phi) is 8.36. The summed E-state index contributed by atoms with van der Waals surface area (Å²) in [5, 5.41) is 0.755. The summed E-state index contributed by atoms with van der Waals surface area (Å²) in [4.78, 5) is 30.5. The molecule has 2 saturated carbocycles. The Morgan fingerprint density at radius 3 is 2.44 bits per heavy atom. The quantitative estimate of drug-likeness (QED) is 0.432. The highest BCUT2D eigenvalue weighted by atomic mass is 35.5. The number of hydrogen-bond acceptors (Lipinski definition) is 2. The first-order chi connectivity index (χ1) is 16.4. The van der Waals surface area contributed by atoms with Crippen molar-refractivity contribution >= 4 is 23.4 Å². The van der Waals surface area contributed by atoms with Gasteiger partial charge in [-0.2, -0.15) is 0 Å². The fourth-order valence-corrected chi connectivity index (χ4v) is 5.26. The lowest BCUT2D eigenvalue weighted by Crippen LogP contribution is -2.48. The normalized spacial score (nSPS) is 16.6. The van der Waals surface area contributed by atoms with Gasteiger partial charge in [-0.1, -0.05) is 62.9 Å². The molecular weight excluding hydrogens is 446 g/mol. The Hall–Kier alpha value is -2.27. The topological polar surface area (TPSA) is 45.6 Å². The minimum absolute atomic E-state index is 0.0760. The number of halogens is 1. The maximum absolute atomic E-state index is 13.7. The van der Waals surface area contributed by atoms with Crippen LogP contribution >= 0.6 is 11.6 Å². The van der Waals surface area contributed by atoms with Crippen LogP contribution in [0.3, 0.4) is 0 Å². The summed E-state index contributed by atoms with van der Waals surface area (Å²) in [5.41, 5.74) is 2.16. The zero-order valence-electron chi connectivity index (χ0n) is 20.6. The predicted molar refractivity (Wildman–Crippen MR) is 137 cm³/mol. The van der Waals surface area contributed by atoms with Crippen LogP contribution in [0, 0.1) is 11.8 Å². The van der Waals surface area contributed by atoms with Gasteiger partial charge in [0.25, 0.3) is 0 Å². The van der Waals surface area contributed by atoms with Crippen LogP contribution in [0.1, 0.15) is 70.1 Å². The zero-order valence-corrected chi connectivity index (χ0v) is 21.3. The van der Waals surface area contributed by atoms with Crippen LogP contribution in [0.25, 0.3) is 0 Å². The summed E-state index contributed by atoms with van der Waals surface area (Å²) in [6, 6.07) is 12.3. The maximum Gasteiger partial charge on any atom is 0.242 e. The highest BCUT2D eigenvalue weighted by molar-refractivity contribution is 6.31. The lowest BCUT2D eigenvalue weighted by Gasteiger charge is -2.36. The van der Waals surface area contributed by atoms with Crippen LogP contribution in [0.2, 0.25) is 5.02 Å². The third kappa shape index (κ3) is 6.44. The Balaban J connectivity index is 1.52. The van der Waals surface area contributed by atoms with Crippen LogP contribution in [0.5, 0.6) is 0 Å². The van der Waals surface area contributed by atoms with Crippen LogP contribution in [0.15, 0.2) is 42.6 Å². The second-order valence-electron chi connectivity index (χ2n) is 10.4. The molecule has 0 saturated heterocycles. The summed E-state index contributed by atoms with van der Waals surface area (Å²) in [6.07, 6.45) is 9.62. The van der Waals surface area contributed by atoms with Gasteiger partial charge in [0, 0.05) is 42.0 Å². The van der Waals surface area contributed by atoms with Gasteiger partial charge in [0.05, 0.1) is 13.1 Å². The Morgan fingerprint density at radius 2 is 1.76 bits per heavy atom. The summed E-state index contributed by atoms with van der Waals surface area (Å²) >= 11 is 6.42. The standard InChI is InChI=1S/C28H38ClN3O2/c1-21(2)17-31(28(34)22-14-15-22)20-27(33)32(24-10-4-3-5-11-24)19-25-12-8-16-30(25)18-23-9-6-7-13-26(23)29/h6-9,12-13,16,21-22,24H,3-5,10-11,14-15,17-20H2,1-2H3. The van der Waals surface area contributed by atoms with Gasteiger partial charge in [0.15, 0.2) is 0 Å². The number of aromatic nitrogens is 1. The first-order valence-corrected chi connectivity index (χ1v) is 13.3. The van der Waals surface area contributed by atoms with Crippen molar-refractivity contribution in [3.63, 3.8) is 0 Å². The monoisotopic (exact) mass is 483 g/mol. The average molecular weight is 484 g/mol. The van der Waals surface area contributed by atoms with Crippen molar-refractivity contribution in [1.82, 2.24) is 14.4 Å². The summed E-state index contributed by atoms with van der Waals surface area (Å²) in [5.74, 6) is 0.703. The van der Waals surface area contributed by atoms with Crippen molar-refractivity contribution in [3.8, 4) is 0 Å². The second kappa shape index (κ2) is 11.4. The molecule has 1 aromatic carbocycles. The minimum Gasteiger partial charge on any atom is -0.345 e. The number of amides is 2. The highest BCUT2D eigenvalue weighted by Crippen LogP contribution is 2.32. The van der Waals surface area contributed by atoms with E-state index in [1.54, 1.807) is 0 Å². The maximum atomic E-state index is 13.7. The molecule has 2 amide bonds. The molecule has 2 aliphatic carbocycles. The fraction of sp³-hybridized carbons (Fsp3) is 0.571. The molecule has 2 fully saturated rings. The molecule has 1 aromatic heterocycles. The van der Waals surface area contributed by atoms with Crippen molar-refractivity contribution in [2.75, 3.05) is 13.1 Å². The Morgan fingerprint density at radius 1 is 1.03 bits per heavy atom. The van der Waals surface area contributed by atoms with E-state index in [1.807, 2.05) is 35.2 Å². The van der Waals surface area contributed by atoms with Crippen molar-refractivity contribution < 1.29 is 9.59 Å². The summed E-state index contributed by atoms with van der Waals surface area (Å²) in [7, 11) is 0. The summed E-state index contributed by atoms with van der Waals surface area (Å²) in [6.45, 7) is 6.29. The minimum atomic E-state index is 0.0760. The van der Waals surface area contributed by atoms with E-state index in [0.717, 1.165) is 54.8 Å². The molecule has 1 heterocycles. The van der Waals surface area contributed by atoms with E-state index in [-0.39, 0.29) is 30.3 Å². The van der Waals surface area contributed by atoms with Crippen LogP contribution < -0.4 is 0 Å². The zero-order chi connectivity index (χ0) is 24.1. The van der Waals surface area contributed by atoms with Crippen LogP contribution in [-0.4, -0.2) is 45.3 Å². The Labute approximate surface area is 209 Å². The molecule has 0 radical (unpaired) electrons. The lowest BCUT2D eigenvalue weighted by atomic mass is 9.94. The van der Waals surface area contributed by atoms with Gasteiger partial charge in [-0.15, -0.1) is 0 Å². The third-order valence-corrected chi connectivity index (χ3v) is 7.41. The van der Waals surface area contributed by atoms with Gasteiger partial charge >= 0.3 is 0 Å². The van der Waals surface area contributed by atoms with E-state index >= 15 is 0 Å². The molecular formula is C28H38ClN3O2. The largest absolute Gasteiger partial charge is 0.345 e. The second-order valence-corrected chi connectivity index (χ2v) is 10.8. The first-order valence-electron chi connectivity index (χ1n) is 12.9. The van der Waals surface area contributed by atoms with Crippen molar-refractivity contribution in [1.29, 1.82) is 0 Å². The molecule has 6 heteroatoms. The van der Waals surface area contributed by atoms with Gasteiger partial charge in [-0.3, -0.25) is 9.59 Å².